The fourth-order valence-corrected chi connectivity index (χ4v) is 3.16. The van der Waals surface area contributed by atoms with Gasteiger partial charge in [-0.05, 0) is 31.0 Å². The Labute approximate surface area is 132 Å². The number of nitrogens with one attached hydrogen (secondary N) is 1. The molecule has 114 valence electrons. The summed E-state index contributed by atoms with van der Waals surface area (Å²) in [7, 11) is 0. The minimum atomic E-state index is -0.280. The number of rotatable bonds is 2. The largest absolute Gasteiger partial charge is 0.325 e. The lowest BCUT2D eigenvalue weighted by atomic mass is 9.85. The number of allylic oxidation sites excluding steroid dienone is 2. The fraction of sp³-hybridized carbons (Fsp3) is 0.312. The Morgan fingerprint density at radius 2 is 1.77 bits per heavy atom. The molecule has 1 aromatic carbocycles. The molecule has 1 aromatic rings. The first-order chi connectivity index (χ1) is 10.5. The number of benzene rings is 1. The van der Waals surface area contributed by atoms with Gasteiger partial charge in [-0.3, -0.25) is 14.4 Å². The lowest BCUT2D eigenvalue weighted by Crippen LogP contribution is -2.30. The highest BCUT2D eigenvalue weighted by Crippen LogP contribution is 2.39. The van der Waals surface area contributed by atoms with E-state index in [1.54, 1.807) is 18.2 Å². The van der Waals surface area contributed by atoms with Crippen LogP contribution in [0.2, 0.25) is 5.02 Å². The zero-order valence-electron chi connectivity index (χ0n) is 12.0. The van der Waals surface area contributed by atoms with E-state index in [-0.39, 0.29) is 29.6 Å². The van der Waals surface area contributed by atoms with Crippen molar-refractivity contribution in [3.8, 4) is 0 Å². The van der Waals surface area contributed by atoms with Gasteiger partial charge in [-0.15, -0.1) is 0 Å². The highest BCUT2D eigenvalue weighted by molar-refractivity contribution is 6.34. The topological polar surface area (TPSA) is 66.5 Å². The number of nitrogens with zero attached hydrogens (tertiary/aromatic N) is 1. The average molecular weight is 319 g/mol. The van der Waals surface area contributed by atoms with E-state index in [4.69, 9.17) is 11.6 Å². The number of carbonyl (C=O) groups excluding carboxylic acids is 3. The minimum absolute atomic E-state index is 0.185. The Hall–Kier alpha value is -2.14. The molecule has 1 aliphatic carbocycles. The molecule has 1 aliphatic heterocycles. The first-order valence-corrected chi connectivity index (χ1v) is 7.47. The molecule has 1 fully saturated rings. The third kappa shape index (κ3) is 2.41. The summed E-state index contributed by atoms with van der Waals surface area (Å²) in [6.45, 7) is 1.37. The summed E-state index contributed by atoms with van der Waals surface area (Å²) < 4.78 is 0. The van der Waals surface area contributed by atoms with Crippen LogP contribution < -0.4 is 10.2 Å². The molecule has 3 amide bonds. The Morgan fingerprint density at radius 3 is 2.32 bits per heavy atom. The first kappa shape index (κ1) is 14.8. The van der Waals surface area contributed by atoms with Crippen molar-refractivity contribution in [2.75, 3.05) is 10.2 Å². The van der Waals surface area contributed by atoms with Crippen LogP contribution in [0.4, 0.5) is 11.4 Å². The summed E-state index contributed by atoms with van der Waals surface area (Å²) in [6, 6.07) is 4.75. The van der Waals surface area contributed by atoms with E-state index in [0.717, 1.165) is 0 Å². The van der Waals surface area contributed by atoms with Gasteiger partial charge in [-0.1, -0.05) is 23.8 Å². The van der Waals surface area contributed by atoms with Crippen molar-refractivity contribution < 1.29 is 14.4 Å². The van der Waals surface area contributed by atoms with Crippen molar-refractivity contribution in [3.05, 3.63) is 35.4 Å². The van der Waals surface area contributed by atoms with Gasteiger partial charge in [0, 0.05) is 6.92 Å². The SMILES string of the molecule is CC(=O)Nc1cc(N2C(=O)[C@H]3CC=CC[C@@H]3C2=O)ccc1Cl. The van der Waals surface area contributed by atoms with Crippen molar-refractivity contribution in [2.45, 2.75) is 19.8 Å². The van der Waals surface area contributed by atoms with Crippen molar-refractivity contribution >= 4 is 40.7 Å². The molecular weight excluding hydrogens is 304 g/mol. The number of anilines is 2. The number of halogens is 1. The standard InChI is InChI=1S/C16H15ClN2O3/c1-9(20)18-14-8-10(6-7-13(14)17)19-15(21)11-4-2-3-5-12(11)16(19)22/h2-3,6-8,11-12H,4-5H2,1H3,(H,18,20)/t11-,12-/m0/s1. The predicted octanol–water partition coefficient (Wildman–Crippen LogP) is 2.75. The second-order valence-corrected chi connectivity index (χ2v) is 5.92. The van der Waals surface area contributed by atoms with E-state index < -0.39 is 0 Å². The Morgan fingerprint density at radius 1 is 1.18 bits per heavy atom. The third-order valence-electron chi connectivity index (χ3n) is 4.03. The smallest absolute Gasteiger partial charge is 0.238 e. The number of hydrogen-bond donors (Lipinski definition) is 1. The number of carbonyl (C=O) groups is 3. The van der Waals surface area contributed by atoms with Gasteiger partial charge in [0.15, 0.2) is 0 Å². The molecule has 1 N–H and O–H groups in total. The highest BCUT2D eigenvalue weighted by Gasteiger charge is 2.47. The van der Waals surface area contributed by atoms with Crippen LogP contribution in [0, 0.1) is 11.8 Å². The second-order valence-electron chi connectivity index (χ2n) is 5.51. The van der Waals surface area contributed by atoms with Gasteiger partial charge in [0.25, 0.3) is 0 Å². The number of imide groups is 1. The molecule has 0 unspecified atom stereocenters. The Balaban J connectivity index is 1.96. The monoisotopic (exact) mass is 318 g/mol. The van der Waals surface area contributed by atoms with Crippen LogP contribution >= 0.6 is 11.6 Å². The maximum absolute atomic E-state index is 12.5. The third-order valence-corrected chi connectivity index (χ3v) is 4.36. The molecule has 22 heavy (non-hydrogen) atoms. The van der Waals surface area contributed by atoms with Gasteiger partial charge in [0.1, 0.15) is 0 Å². The molecule has 2 aliphatic rings. The molecule has 6 heteroatoms. The van der Waals surface area contributed by atoms with Gasteiger partial charge < -0.3 is 5.32 Å². The quantitative estimate of drug-likeness (QED) is 0.673. The summed E-state index contributed by atoms with van der Waals surface area (Å²) in [6.07, 6.45) is 5.08. The number of fused-ring (bicyclic) bond motifs is 1. The van der Waals surface area contributed by atoms with Crippen LogP contribution in [0.1, 0.15) is 19.8 Å². The lowest BCUT2D eigenvalue weighted by Gasteiger charge is -2.16. The predicted molar refractivity (Wildman–Crippen MR) is 83.6 cm³/mol. The van der Waals surface area contributed by atoms with Crippen LogP contribution in [-0.4, -0.2) is 17.7 Å². The van der Waals surface area contributed by atoms with Gasteiger partial charge >= 0.3 is 0 Å². The fourth-order valence-electron chi connectivity index (χ4n) is 2.99. The van der Waals surface area contributed by atoms with Crippen molar-refractivity contribution in [2.24, 2.45) is 11.8 Å². The normalized spacial score (nSPS) is 23.6. The Kier molecular flexibility index (Phi) is 3.74. The summed E-state index contributed by atoms with van der Waals surface area (Å²) in [5.74, 6) is -1.20. The van der Waals surface area contributed by atoms with Crippen LogP contribution in [0.25, 0.3) is 0 Å². The highest BCUT2D eigenvalue weighted by atomic mass is 35.5. The maximum atomic E-state index is 12.5. The summed E-state index contributed by atoms with van der Waals surface area (Å²) >= 11 is 6.03. The molecule has 5 nitrogen and oxygen atoms in total. The molecule has 0 bridgehead atoms. The number of hydrogen-bond acceptors (Lipinski definition) is 3. The van der Waals surface area contributed by atoms with Crippen molar-refractivity contribution in [1.29, 1.82) is 0 Å². The molecular formula is C16H15ClN2O3. The summed E-state index contributed by atoms with van der Waals surface area (Å²) in [5.41, 5.74) is 0.831. The van der Waals surface area contributed by atoms with E-state index in [9.17, 15) is 14.4 Å². The van der Waals surface area contributed by atoms with E-state index in [1.165, 1.54) is 11.8 Å². The number of amides is 3. The van der Waals surface area contributed by atoms with Gasteiger partial charge in [-0.2, -0.15) is 0 Å². The zero-order chi connectivity index (χ0) is 15.9. The average Bonchev–Trinajstić information content (AvgIpc) is 2.74. The first-order valence-electron chi connectivity index (χ1n) is 7.09. The lowest BCUT2D eigenvalue weighted by molar-refractivity contribution is -0.122. The van der Waals surface area contributed by atoms with Crippen molar-refractivity contribution in [1.82, 2.24) is 0 Å². The molecule has 2 atom stereocenters. The van der Waals surface area contributed by atoms with E-state index in [2.05, 4.69) is 5.32 Å². The second kappa shape index (κ2) is 5.57. The van der Waals surface area contributed by atoms with E-state index >= 15 is 0 Å². The molecule has 1 heterocycles. The maximum Gasteiger partial charge on any atom is 0.238 e. The van der Waals surface area contributed by atoms with Gasteiger partial charge in [0.2, 0.25) is 17.7 Å². The molecule has 0 aromatic heterocycles. The molecule has 0 radical (unpaired) electrons. The van der Waals surface area contributed by atoms with Crippen LogP contribution in [0.3, 0.4) is 0 Å². The molecule has 0 spiro atoms. The molecule has 0 saturated carbocycles. The van der Waals surface area contributed by atoms with Crippen LogP contribution in [-0.2, 0) is 14.4 Å². The van der Waals surface area contributed by atoms with E-state index in [0.29, 0.717) is 29.2 Å². The van der Waals surface area contributed by atoms with Crippen LogP contribution in [0.15, 0.2) is 30.4 Å². The summed E-state index contributed by atoms with van der Waals surface area (Å²) in [5, 5.41) is 2.96. The van der Waals surface area contributed by atoms with Gasteiger partial charge in [-0.25, -0.2) is 4.90 Å². The summed E-state index contributed by atoms with van der Waals surface area (Å²) in [4.78, 5) is 37.5. The van der Waals surface area contributed by atoms with Crippen molar-refractivity contribution in [3.63, 3.8) is 0 Å². The zero-order valence-corrected chi connectivity index (χ0v) is 12.8. The Bertz CT molecular complexity index is 673. The van der Waals surface area contributed by atoms with Gasteiger partial charge in [0.05, 0.1) is 28.2 Å². The minimum Gasteiger partial charge on any atom is -0.325 e. The molecule has 1 saturated heterocycles. The van der Waals surface area contributed by atoms with Crippen LogP contribution in [0.5, 0.6) is 0 Å². The molecule has 3 rings (SSSR count). The van der Waals surface area contributed by atoms with E-state index in [1.807, 2.05) is 12.2 Å².